The lowest BCUT2D eigenvalue weighted by Gasteiger charge is -2.30. The minimum absolute atomic E-state index is 0.121. The fourth-order valence-corrected chi connectivity index (χ4v) is 12.0. The molecule has 312 valence electrons. The zero-order chi connectivity index (χ0) is 42.5. The summed E-state index contributed by atoms with van der Waals surface area (Å²) >= 11 is 2.44. The molecular formula is C41H55IN8O6SSi. The van der Waals surface area contributed by atoms with Crippen molar-refractivity contribution in [3.05, 3.63) is 71.4 Å². The van der Waals surface area contributed by atoms with Gasteiger partial charge in [0, 0.05) is 23.0 Å². The van der Waals surface area contributed by atoms with Gasteiger partial charge in [-0.1, -0.05) is 64.8 Å². The molecule has 1 saturated heterocycles. The van der Waals surface area contributed by atoms with Gasteiger partial charge in [-0.05, 0) is 87.5 Å². The first-order chi connectivity index (χ1) is 27.3. The smallest absolute Gasteiger partial charge is 0.407 e. The van der Waals surface area contributed by atoms with E-state index in [4.69, 9.17) is 14.5 Å². The molecule has 0 radical (unpaired) electrons. The van der Waals surface area contributed by atoms with Crippen LogP contribution in [0.4, 0.5) is 9.59 Å². The van der Waals surface area contributed by atoms with Crippen molar-refractivity contribution in [2.24, 2.45) is 11.8 Å². The summed E-state index contributed by atoms with van der Waals surface area (Å²) in [5.41, 5.74) is 4.98. The van der Waals surface area contributed by atoms with Gasteiger partial charge in [0.25, 0.3) is 0 Å². The number of amides is 4. The van der Waals surface area contributed by atoms with Crippen LogP contribution in [0.5, 0.6) is 0 Å². The van der Waals surface area contributed by atoms with Gasteiger partial charge in [-0.3, -0.25) is 9.59 Å². The average Bonchev–Trinajstić information content (AvgIpc) is 3.90. The number of carbonyl (C=O) groups is 4. The molecule has 4 atom stereocenters. The summed E-state index contributed by atoms with van der Waals surface area (Å²) in [5, 5.41) is 8.49. The molecule has 1 fully saturated rings. The Balaban J connectivity index is 1.31. The highest BCUT2D eigenvalue weighted by atomic mass is 127. The first-order valence-electron chi connectivity index (χ1n) is 19.1. The van der Waals surface area contributed by atoms with E-state index in [1.54, 1.807) is 6.20 Å². The van der Waals surface area contributed by atoms with Gasteiger partial charge in [-0.2, -0.15) is 7.20 Å². The fraction of sp³-hybridized carbons (Fsp3) is 0.463. The lowest BCUT2D eigenvalue weighted by molar-refractivity contribution is -0.135. The van der Waals surface area contributed by atoms with Gasteiger partial charge in [0.1, 0.15) is 23.7 Å². The molecule has 3 heterocycles. The van der Waals surface area contributed by atoms with Gasteiger partial charge in [-0.25, -0.2) is 19.6 Å². The van der Waals surface area contributed by atoms with E-state index in [0.29, 0.717) is 17.7 Å². The van der Waals surface area contributed by atoms with Gasteiger partial charge in [0.15, 0.2) is 0 Å². The maximum absolute atomic E-state index is 13.9. The Labute approximate surface area is 355 Å². The number of H-pyrrole nitrogens is 2. The molecule has 0 aliphatic carbocycles. The highest BCUT2D eigenvalue weighted by Crippen LogP contribution is 2.51. The van der Waals surface area contributed by atoms with Crippen molar-refractivity contribution in [1.82, 2.24) is 40.8 Å². The van der Waals surface area contributed by atoms with E-state index >= 15 is 0 Å². The summed E-state index contributed by atoms with van der Waals surface area (Å²) in [7, 11) is -0.282. The Bertz CT molecular complexity index is 2190. The van der Waals surface area contributed by atoms with Crippen molar-refractivity contribution in [1.29, 1.82) is 0 Å². The predicted molar refractivity (Wildman–Crippen MR) is 240 cm³/mol. The molecule has 5 rings (SSSR count). The van der Waals surface area contributed by atoms with Crippen molar-refractivity contribution in [2.75, 3.05) is 38.7 Å². The Morgan fingerprint density at radius 3 is 2.12 bits per heavy atom. The van der Waals surface area contributed by atoms with Gasteiger partial charge in [0.2, 0.25) is 11.8 Å². The average molecular weight is 943 g/mol. The molecule has 1 aliphatic rings. The normalized spacial score (nSPS) is 16.9. The molecule has 1 aliphatic heterocycles. The molecule has 5 N–H and O–H groups in total. The van der Waals surface area contributed by atoms with Crippen LogP contribution in [0.3, 0.4) is 0 Å². The van der Waals surface area contributed by atoms with E-state index in [-0.39, 0.29) is 29.7 Å². The highest BCUT2D eigenvalue weighted by Gasteiger charge is 2.45. The highest BCUT2D eigenvalue weighted by molar-refractivity contribution is 14.2. The topological polar surface area (TPSA) is 183 Å². The number of ether oxygens (including phenoxy) is 2. The second-order valence-electron chi connectivity index (χ2n) is 16.6. The number of methoxy groups -OCH3 is 2. The maximum Gasteiger partial charge on any atom is 0.407 e. The summed E-state index contributed by atoms with van der Waals surface area (Å²) in [5.74, 6) is 7.87. The van der Waals surface area contributed by atoms with Crippen LogP contribution < -0.4 is 16.0 Å². The monoisotopic (exact) mass is 942 g/mol. The minimum Gasteiger partial charge on any atom is -0.453 e. The Morgan fingerprint density at radius 2 is 1.52 bits per heavy atom. The van der Waals surface area contributed by atoms with Crippen molar-refractivity contribution in [2.45, 2.75) is 71.0 Å². The van der Waals surface area contributed by atoms with Crippen molar-refractivity contribution < 1.29 is 28.7 Å². The van der Waals surface area contributed by atoms with Gasteiger partial charge in [0.05, 0.1) is 57.3 Å². The standard InChI is InChI=1S/C41H55IN8O6SSi/c1-24(2)34(48-40(53)55-5)38(51)47-32(21-57(7,8)42)36-43-20-31(46-36)28-16-13-26(14-17-28)11-12-27-15-18-29-30(19-27)45-37(44-29)33-22-58(9,10)23-50(33)39(52)35(25(3)4)49-41(54)56-6/h13-20,24-25,32-35H,21-23H2,1-10H3,(H,43,46)(H,44,45)(H,47,51)(H,48,53)(H,49,54)/t32-,33-,34-,35-/m0/s1. The number of alkyl carbamates (subject to hydrolysis) is 2. The van der Waals surface area contributed by atoms with Crippen LogP contribution in [0.25, 0.3) is 22.3 Å². The number of halogens is 1. The van der Waals surface area contributed by atoms with E-state index in [0.717, 1.165) is 45.3 Å². The minimum atomic E-state index is -1.76. The van der Waals surface area contributed by atoms with Gasteiger partial charge >= 0.3 is 12.2 Å². The van der Waals surface area contributed by atoms with Crippen LogP contribution in [-0.4, -0.2) is 108 Å². The number of rotatable bonds is 12. The van der Waals surface area contributed by atoms with Crippen LogP contribution in [-0.2, 0) is 19.1 Å². The van der Waals surface area contributed by atoms with Gasteiger partial charge < -0.3 is 40.3 Å². The maximum atomic E-state index is 13.9. The lowest BCUT2D eigenvalue weighted by Crippen LogP contribution is -2.52. The number of carbonyl (C=O) groups excluding carboxylic acids is 4. The summed E-state index contributed by atoms with van der Waals surface area (Å²) < 4.78 is 9.54. The number of nitrogens with one attached hydrogen (secondary N) is 5. The van der Waals surface area contributed by atoms with E-state index in [1.165, 1.54) is 14.2 Å². The Morgan fingerprint density at radius 1 is 0.914 bits per heavy atom. The zero-order valence-corrected chi connectivity index (χ0v) is 38.8. The third kappa shape index (κ3) is 11.3. The SMILES string of the molecule is COC(=O)N[C@H](C(=O)N[C@@H](CS(C)(C)I)c1ncc(-c2ccc(C#Cc3ccc4[nH]c([C@@H]5C[Si](C)(C)CN5C(=O)[C@@H](NC(=O)OC)C(C)C)nc4c3)cc2)[nH]1)C(C)C. The fourth-order valence-electron chi connectivity index (χ4n) is 6.99. The van der Waals surface area contributed by atoms with Crippen LogP contribution in [0.1, 0.15) is 62.6 Å². The van der Waals surface area contributed by atoms with Crippen LogP contribution in [0.2, 0.25) is 19.1 Å². The summed E-state index contributed by atoms with van der Waals surface area (Å²) in [6.07, 6.45) is 5.48. The van der Waals surface area contributed by atoms with E-state index in [1.807, 2.05) is 75.1 Å². The van der Waals surface area contributed by atoms with Crippen molar-refractivity contribution in [3.63, 3.8) is 0 Å². The molecule has 4 amide bonds. The number of hydrogen-bond donors (Lipinski definition) is 5. The number of aromatic amines is 2. The third-order valence-corrected chi connectivity index (χ3v) is 14.9. The van der Waals surface area contributed by atoms with Crippen molar-refractivity contribution >= 4 is 71.5 Å². The molecule has 2 aromatic carbocycles. The first kappa shape index (κ1) is 44.6. The molecule has 14 nitrogen and oxygen atoms in total. The Kier molecular flexibility index (Phi) is 14.3. The molecule has 0 spiro atoms. The molecule has 0 saturated carbocycles. The molecular weight excluding hydrogens is 888 g/mol. The molecule has 2 aromatic heterocycles. The number of fused-ring (bicyclic) bond motifs is 1. The predicted octanol–water partition coefficient (Wildman–Crippen LogP) is 6.82. The second kappa shape index (κ2) is 18.6. The molecule has 17 heteroatoms. The van der Waals surface area contributed by atoms with Crippen LogP contribution in [0.15, 0.2) is 48.7 Å². The number of nitrogens with zero attached hydrogens (tertiary/aromatic N) is 3. The van der Waals surface area contributed by atoms with Crippen LogP contribution >= 0.6 is 28.4 Å². The number of imidazole rings is 2. The van der Waals surface area contributed by atoms with Crippen molar-refractivity contribution in [3.8, 4) is 23.1 Å². The largest absolute Gasteiger partial charge is 0.453 e. The van der Waals surface area contributed by atoms with E-state index < -0.39 is 45.6 Å². The lowest BCUT2D eigenvalue weighted by atomic mass is 10.0. The Hall–Kier alpha value is -4.54. The molecule has 4 aromatic rings. The number of aromatic nitrogens is 4. The molecule has 58 heavy (non-hydrogen) atoms. The van der Waals surface area contributed by atoms with E-state index in [9.17, 15) is 19.2 Å². The summed E-state index contributed by atoms with van der Waals surface area (Å²) in [6.45, 7) is 12.1. The zero-order valence-electron chi connectivity index (χ0n) is 34.8. The summed E-state index contributed by atoms with van der Waals surface area (Å²) in [6, 6.07) is 12.5. The number of hydrogen-bond acceptors (Lipinski definition) is 8. The quantitative estimate of drug-likeness (QED) is 0.0583. The van der Waals surface area contributed by atoms with E-state index in [2.05, 4.69) is 89.6 Å². The van der Waals surface area contributed by atoms with Crippen LogP contribution in [0, 0.1) is 23.7 Å². The molecule has 0 unspecified atom stereocenters. The van der Waals surface area contributed by atoms with Gasteiger partial charge in [-0.15, -0.1) is 0 Å². The molecule has 0 bridgehead atoms. The number of benzene rings is 2. The first-order valence-corrected chi connectivity index (χ1v) is 27.7. The second-order valence-corrected chi connectivity index (χ2v) is 31.9. The third-order valence-electron chi connectivity index (χ3n) is 9.97. The summed E-state index contributed by atoms with van der Waals surface area (Å²) in [4.78, 5) is 69.6.